The lowest BCUT2D eigenvalue weighted by molar-refractivity contribution is -0.139. The molecule has 0 heterocycles. The van der Waals surface area contributed by atoms with Crippen molar-refractivity contribution in [2.75, 3.05) is 24.2 Å². The molecule has 0 saturated carbocycles. The van der Waals surface area contributed by atoms with Crippen LogP contribution in [0.15, 0.2) is 46.9 Å². The van der Waals surface area contributed by atoms with Crippen LogP contribution in [0.25, 0.3) is 0 Å². The van der Waals surface area contributed by atoms with Crippen molar-refractivity contribution in [2.45, 2.75) is 33.4 Å². The fraction of sp³-hybridized carbons (Fsp3) is 0.364. The molecule has 0 spiro atoms. The Kier molecular flexibility index (Phi) is 8.25. The molecular weight excluding hydrogens is 482 g/mol. The lowest BCUT2D eigenvalue weighted by Gasteiger charge is -2.31. The van der Waals surface area contributed by atoms with Gasteiger partial charge in [0.2, 0.25) is 21.8 Å². The molecule has 31 heavy (non-hydrogen) atoms. The van der Waals surface area contributed by atoms with Gasteiger partial charge in [-0.2, -0.15) is 0 Å². The zero-order chi connectivity index (χ0) is 23.3. The molecule has 2 aromatic carbocycles. The van der Waals surface area contributed by atoms with Crippen molar-refractivity contribution in [3.05, 3.63) is 63.6 Å². The smallest absolute Gasteiger partial charge is 0.244 e. The number of hydrogen-bond acceptors (Lipinski definition) is 4. The molecule has 0 bridgehead atoms. The van der Waals surface area contributed by atoms with Gasteiger partial charge in [-0.15, -0.1) is 0 Å². The van der Waals surface area contributed by atoms with Crippen LogP contribution in [0.2, 0.25) is 0 Å². The first-order valence-electron chi connectivity index (χ1n) is 9.75. The molecule has 0 aromatic heterocycles. The Hall–Kier alpha value is -2.39. The average Bonchev–Trinajstić information content (AvgIpc) is 2.71. The van der Waals surface area contributed by atoms with Crippen molar-refractivity contribution in [1.82, 2.24) is 10.2 Å². The highest BCUT2D eigenvalue weighted by Crippen LogP contribution is 2.25. The number of aryl methyl sites for hydroxylation is 2. The van der Waals surface area contributed by atoms with Gasteiger partial charge in [-0.1, -0.05) is 40.2 Å². The van der Waals surface area contributed by atoms with E-state index < -0.39 is 28.5 Å². The van der Waals surface area contributed by atoms with Crippen LogP contribution in [0.5, 0.6) is 0 Å². The fourth-order valence-electron chi connectivity index (χ4n) is 3.16. The van der Waals surface area contributed by atoms with E-state index in [2.05, 4.69) is 21.2 Å². The molecule has 0 aliphatic heterocycles. The zero-order valence-corrected chi connectivity index (χ0v) is 20.7. The Morgan fingerprint density at radius 3 is 2.29 bits per heavy atom. The molecule has 1 N–H and O–H groups in total. The molecule has 9 heteroatoms. The van der Waals surface area contributed by atoms with Crippen LogP contribution >= 0.6 is 15.9 Å². The zero-order valence-electron chi connectivity index (χ0n) is 18.3. The van der Waals surface area contributed by atoms with Crippen LogP contribution in [0.3, 0.4) is 0 Å². The number of amides is 2. The summed E-state index contributed by atoms with van der Waals surface area (Å²) in [5.41, 5.74) is 3.10. The molecule has 0 fully saturated rings. The number of hydrogen-bond donors (Lipinski definition) is 1. The van der Waals surface area contributed by atoms with Crippen LogP contribution in [0.1, 0.15) is 23.6 Å². The third kappa shape index (κ3) is 6.30. The summed E-state index contributed by atoms with van der Waals surface area (Å²) in [6.45, 7) is 5.18. The van der Waals surface area contributed by atoms with E-state index in [-0.39, 0.29) is 12.5 Å². The molecule has 2 aromatic rings. The van der Waals surface area contributed by atoms with Crippen LogP contribution in [0.4, 0.5) is 5.69 Å². The molecule has 2 rings (SSSR count). The van der Waals surface area contributed by atoms with Crippen LogP contribution in [-0.4, -0.2) is 51.0 Å². The number of likely N-dealkylation sites (N-methyl/N-ethyl adjacent to an activating group) is 1. The number of halogens is 1. The number of sulfonamides is 1. The highest BCUT2D eigenvalue weighted by atomic mass is 79.9. The maximum atomic E-state index is 13.3. The minimum Gasteiger partial charge on any atom is -0.357 e. The highest BCUT2D eigenvalue weighted by Gasteiger charge is 2.30. The van der Waals surface area contributed by atoms with Crippen LogP contribution < -0.4 is 9.62 Å². The molecule has 168 valence electrons. The predicted octanol–water partition coefficient (Wildman–Crippen LogP) is 3.00. The third-order valence-corrected chi connectivity index (χ3v) is 7.15. The summed E-state index contributed by atoms with van der Waals surface area (Å²) >= 11 is 3.40. The molecule has 0 aliphatic rings. The van der Waals surface area contributed by atoms with Gasteiger partial charge in [0.25, 0.3) is 0 Å². The summed E-state index contributed by atoms with van der Waals surface area (Å²) in [5.74, 6) is -0.794. The highest BCUT2D eigenvalue weighted by molar-refractivity contribution is 9.10. The standard InChI is InChI=1S/C22H28BrN3O4S/c1-15-8-6-7-9-18(15)13-25(17(3)22(28)24-4)21(27)14-26(31(5,29)30)19-10-11-20(23)16(2)12-19/h6-12,17H,13-14H2,1-5H3,(H,24,28)/t17-/m1/s1. The van der Waals surface area contributed by atoms with Crippen molar-refractivity contribution in [3.8, 4) is 0 Å². The Bertz CT molecular complexity index is 1070. The van der Waals surface area contributed by atoms with Gasteiger partial charge in [0.05, 0.1) is 11.9 Å². The topological polar surface area (TPSA) is 86.8 Å². The maximum absolute atomic E-state index is 13.3. The Labute approximate surface area is 192 Å². The Morgan fingerprint density at radius 1 is 1.10 bits per heavy atom. The van der Waals surface area contributed by atoms with Gasteiger partial charge in [0, 0.05) is 18.1 Å². The average molecular weight is 510 g/mol. The molecule has 2 amide bonds. The molecule has 0 radical (unpaired) electrons. The lowest BCUT2D eigenvalue weighted by Crippen LogP contribution is -2.50. The normalized spacial score (nSPS) is 12.2. The lowest BCUT2D eigenvalue weighted by atomic mass is 10.1. The van der Waals surface area contributed by atoms with E-state index in [1.165, 1.54) is 11.9 Å². The largest absolute Gasteiger partial charge is 0.357 e. The van der Waals surface area contributed by atoms with E-state index in [0.29, 0.717) is 5.69 Å². The van der Waals surface area contributed by atoms with E-state index in [1.807, 2.05) is 38.1 Å². The number of nitrogens with one attached hydrogen (secondary N) is 1. The van der Waals surface area contributed by atoms with E-state index in [0.717, 1.165) is 31.7 Å². The number of carbonyl (C=O) groups excluding carboxylic acids is 2. The Balaban J connectivity index is 2.42. The van der Waals surface area contributed by atoms with Gasteiger partial charge in [-0.3, -0.25) is 13.9 Å². The van der Waals surface area contributed by atoms with Gasteiger partial charge in [-0.05, 0) is 55.7 Å². The number of benzene rings is 2. The second-order valence-electron chi connectivity index (χ2n) is 7.44. The molecule has 0 unspecified atom stereocenters. The third-order valence-electron chi connectivity index (χ3n) is 5.12. The summed E-state index contributed by atoms with van der Waals surface area (Å²) in [4.78, 5) is 27.1. The summed E-state index contributed by atoms with van der Waals surface area (Å²) in [6, 6.07) is 11.9. The van der Waals surface area contributed by atoms with Gasteiger partial charge < -0.3 is 10.2 Å². The van der Waals surface area contributed by atoms with Gasteiger partial charge in [-0.25, -0.2) is 8.42 Å². The van der Waals surface area contributed by atoms with Gasteiger partial charge in [0.1, 0.15) is 12.6 Å². The number of anilines is 1. The quantitative estimate of drug-likeness (QED) is 0.592. The van der Waals surface area contributed by atoms with E-state index >= 15 is 0 Å². The maximum Gasteiger partial charge on any atom is 0.244 e. The summed E-state index contributed by atoms with van der Waals surface area (Å²) in [7, 11) is -2.24. The van der Waals surface area contributed by atoms with Gasteiger partial charge in [0.15, 0.2) is 0 Å². The summed E-state index contributed by atoms with van der Waals surface area (Å²) in [5, 5.41) is 2.56. The van der Waals surface area contributed by atoms with Crippen molar-refractivity contribution in [2.24, 2.45) is 0 Å². The SMILES string of the molecule is CNC(=O)[C@@H](C)N(Cc1ccccc1C)C(=O)CN(c1ccc(Br)c(C)c1)S(C)(=O)=O. The van der Waals surface area contributed by atoms with Crippen LogP contribution in [0, 0.1) is 13.8 Å². The summed E-state index contributed by atoms with van der Waals surface area (Å²) < 4.78 is 26.9. The molecular formula is C22H28BrN3O4S. The number of carbonyl (C=O) groups is 2. The van der Waals surface area contributed by atoms with Crippen molar-refractivity contribution < 1.29 is 18.0 Å². The predicted molar refractivity (Wildman–Crippen MR) is 126 cm³/mol. The van der Waals surface area contributed by atoms with Crippen molar-refractivity contribution in [1.29, 1.82) is 0 Å². The van der Waals surface area contributed by atoms with Crippen LogP contribution in [-0.2, 0) is 26.2 Å². The van der Waals surface area contributed by atoms with E-state index in [4.69, 9.17) is 0 Å². The molecule has 1 atom stereocenters. The first-order valence-corrected chi connectivity index (χ1v) is 12.4. The monoisotopic (exact) mass is 509 g/mol. The second kappa shape index (κ2) is 10.3. The number of nitrogens with zero attached hydrogens (tertiary/aromatic N) is 2. The molecule has 7 nitrogen and oxygen atoms in total. The van der Waals surface area contributed by atoms with Gasteiger partial charge >= 0.3 is 0 Å². The molecule has 0 saturated heterocycles. The Morgan fingerprint density at radius 2 is 1.74 bits per heavy atom. The first-order chi connectivity index (χ1) is 14.5. The first kappa shape index (κ1) is 24.9. The molecule has 0 aliphatic carbocycles. The summed E-state index contributed by atoms with van der Waals surface area (Å²) in [6.07, 6.45) is 1.06. The fourth-order valence-corrected chi connectivity index (χ4v) is 4.25. The van der Waals surface area contributed by atoms with E-state index in [9.17, 15) is 18.0 Å². The minimum absolute atomic E-state index is 0.192. The van der Waals surface area contributed by atoms with E-state index in [1.54, 1.807) is 25.1 Å². The van der Waals surface area contributed by atoms with Crippen molar-refractivity contribution >= 4 is 43.5 Å². The second-order valence-corrected chi connectivity index (χ2v) is 10.2. The minimum atomic E-state index is -3.74. The number of rotatable bonds is 8. The van der Waals surface area contributed by atoms with Crippen molar-refractivity contribution in [3.63, 3.8) is 0 Å².